The summed E-state index contributed by atoms with van der Waals surface area (Å²) in [4.78, 5) is 21.6. The summed E-state index contributed by atoms with van der Waals surface area (Å²) in [6, 6.07) is 16.2. The lowest BCUT2D eigenvalue weighted by Crippen LogP contribution is -2.27. The molecule has 2 atom stereocenters. The number of aliphatic hydroxyl groups is 2. The third-order valence-corrected chi connectivity index (χ3v) is 8.47. The van der Waals surface area contributed by atoms with Crippen LogP contribution in [0.25, 0.3) is 29.5 Å². The van der Waals surface area contributed by atoms with E-state index in [4.69, 9.17) is 4.74 Å². The van der Waals surface area contributed by atoms with E-state index < -0.39 is 40.4 Å². The van der Waals surface area contributed by atoms with Gasteiger partial charge in [0.05, 0.1) is 36.3 Å². The highest BCUT2D eigenvalue weighted by Crippen LogP contribution is 2.32. The Bertz CT molecular complexity index is 1950. The predicted molar refractivity (Wildman–Crippen MR) is 186 cm³/mol. The van der Waals surface area contributed by atoms with Gasteiger partial charge in [0, 0.05) is 30.7 Å². The van der Waals surface area contributed by atoms with Gasteiger partial charge in [-0.1, -0.05) is 50.3 Å². The first kappa shape index (κ1) is 36.7. The number of aliphatic hydroxyl groups excluding tert-OH is 2. The van der Waals surface area contributed by atoms with E-state index in [1.165, 1.54) is 67.7 Å². The van der Waals surface area contributed by atoms with Crippen LogP contribution in [-0.4, -0.2) is 70.3 Å². The molecular formula is C36H38FN3O8S. The summed E-state index contributed by atoms with van der Waals surface area (Å²) in [5.74, 6) is -1.51. The molecule has 49 heavy (non-hydrogen) atoms. The average molecular weight is 692 g/mol. The molecule has 0 saturated carbocycles. The summed E-state index contributed by atoms with van der Waals surface area (Å²) < 4.78 is 44.6. The zero-order valence-electron chi connectivity index (χ0n) is 27.4. The van der Waals surface area contributed by atoms with Gasteiger partial charge in [0.25, 0.3) is 0 Å². The second-order valence-corrected chi connectivity index (χ2v) is 13.8. The molecule has 0 radical (unpaired) electrons. The van der Waals surface area contributed by atoms with Crippen molar-refractivity contribution < 1.29 is 42.8 Å². The molecule has 3 aromatic carbocycles. The fourth-order valence-corrected chi connectivity index (χ4v) is 5.13. The summed E-state index contributed by atoms with van der Waals surface area (Å²) in [5.41, 5.74) is 3.05. The van der Waals surface area contributed by atoms with E-state index in [0.717, 1.165) is 16.1 Å². The van der Waals surface area contributed by atoms with Gasteiger partial charge in [0.2, 0.25) is 16.0 Å². The molecule has 0 saturated heterocycles. The SMILES string of the molecule is CC(C)c1nc(N(C)S(C)(=O)=O)nc(-c2ccc(F)cc2)c1C=C[C@H](O)C[C@@H](O)CC(=O)Oc1cc(O)cc(C=Cc2ccc(O)cc2)c1. The van der Waals surface area contributed by atoms with Crippen molar-refractivity contribution in [1.82, 2.24) is 9.97 Å². The molecule has 0 amide bonds. The van der Waals surface area contributed by atoms with E-state index >= 15 is 0 Å². The molecule has 0 spiro atoms. The summed E-state index contributed by atoms with van der Waals surface area (Å²) in [6.45, 7) is 3.71. The van der Waals surface area contributed by atoms with E-state index in [-0.39, 0.29) is 35.5 Å². The van der Waals surface area contributed by atoms with Gasteiger partial charge in [-0.2, -0.15) is 0 Å². The number of anilines is 1. The molecule has 0 bridgehead atoms. The van der Waals surface area contributed by atoms with Gasteiger partial charge >= 0.3 is 5.97 Å². The Morgan fingerprint density at radius 1 is 0.918 bits per heavy atom. The molecule has 0 fully saturated rings. The Kier molecular flexibility index (Phi) is 11.9. The van der Waals surface area contributed by atoms with Crippen LogP contribution in [-0.2, 0) is 14.8 Å². The molecule has 258 valence electrons. The number of hydrogen-bond acceptors (Lipinski definition) is 10. The highest BCUT2D eigenvalue weighted by Gasteiger charge is 2.23. The van der Waals surface area contributed by atoms with Crippen molar-refractivity contribution in [3.63, 3.8) is 0 Å². The smallest absolute Gasteiger partial charge is 0.313 e. The molecule has 0 aliphatic carbocycles. The van der Waals surface area contributed by atoms with Crippen LogP contribution in [0.2, 0.25) is 0 Å². The minimum atomic E-state index is -3.70. The van der Waals surface area contributed by atoms with Crippen LogP contribution in [0.4, 0.5) is 10.3 Å². The van der Waals surface area contributed by atoms with Crippen molar-refractivity contribution in [2.45, 2.75) is 44.8 Å². The van der Waals surface area contributed by atoms with E-state index in [9.17, 15) is 38.0 Å². The highest BCUT2D eigenvalue weighted by atomic mass is 32.2. The molecule has 1 heterocycles. The standard InChI is InChI=1S/C36H38FN3O8S/c1-22(2)34-32(35(25-9-11-26(37)12-10-25)39-36(38-34)40(3)49(4,46)47)16-15-28(42)19-30(44)21-33(45)48-31-18-24(17-29(43)20-31)6-5-23-7-13-27(41)14-8-23/h5-18,20,22,28,30,41-44H,19,21H2,1-4H3/t28-,30+/m0/s1. The van der Waals surface area contributed by atoms with Gasteiger partial charge in [0.1, 0.15) is 23.1 Å². The number of ether oxygens (including phenoxy) is 1. The molecule has 0 aliphatic rings. The number of phenols is 2. The second kappa shape index (κ2) is 15.9. The Morgan fingerprint density at radius 3 is 2.20 bits per heavy atom. The maximum Gasteiger partial charge on any atom is 0.313 e. The number of carbonyl (C=O) groups is 1. The molecule has 0 aliphatic heterocycles. The number of benzene rings is 3. The first-order valence-electron chi connectivity index (χ1n) is 15.3. The Morgan fingerprint density at radius 2 is 1.57 bits per heavy atom. The number of esters is 1. The quantitative estimate of drug-likeness (QED) is 0.0797. The average Bonchev–Trinajstić information content (AvgIpc) is 3.02. The molecule has 11 nitrogen and oxygen atoms in total. The van der Waals surface area contributed by atoms with Crippen LogP contribution in [0.5, 0.6) is 17.2 Å². The first-order chi connectivity index (χ1) is 23.1. The lowest BCUT2D eigenvalue weighted by atomic mass is 9.97. The monoisotopic (exact) mass is 691 g/mol. The molecular weight excluding hydrogens is 653 g/mol. The van der Waals surface area contributed by atoms with Gasteiger partial charge in [-0.3, -0.25) is 4.79 Å². The Hall–Kier alpha value is -5.11. The van der Waals surface area contributed by atoms with E-state index in [1.54, 1.807) is 30.4 Å². The number of nitrogens with zero attached hydrogens (tertiary/aromatic N) is 3. The van der Waals surface area contributed by atoms with Gasteiger partial charge in [-0.25, -0.2) is 27.1 Å². The van der Waals surface area contributed by atoms with Crippen molar-refractivity contribution in [1.29, 1.82) is 0 Å². The van der Waals surface area contributed by atoms with Crippen LogP contribution in [0.3, 0.4) is 0 Å². The fraction of sp³-hybridized carbons (Fsp3) is 0.250. The fourth-order valence-electron chi connectivity index (χ4n) is 4.75. The Balaban J connectivity index is 1.48. The number of halogens is 1. The van der Waals surface area contributed by atoms with E-state index in [2.05, 4.69) is 9.97 Å². The Labute approximate surface area is 284 Å². The van der Waals surface area contributed by atoms with E-state index in [0.29, 0.717) is 28.1 Å². The van der Waals surface area contributed by atoms with Crippen LogP contribution in [0, 0.1) is 5.82 Å². The second-order valence-electron chi connectivity index (χ2n) is 11.7. The van der Waals surface area contributed by atoms with Crippen LogP contribution in [0.1, 0.15) is 55.0 Å². The minimum Gasteiger partial charge on any atom is -0.508 e. The minimum absolute atomic E-state index is 0.0579. The number of sulfonamides is 1. The van der Waals surface area contributed by atoms with Crippen molar-refractivity contribution in [3.05, 3.63) is 101 Å². The lowest BCUT2D eigenvalue weighted by molar-refractivity contribution is -0.136. The third-order valence-electron chi connectivity index (χ3n) is 7.31. The lowest BCUT2D eigenvalue weighted by Gasteiger charge is -2.20. The molecule has 1 aromatic heterocycles. The maximum atomic E-state index is 13.8. The van der Waals surface area contributed by atoms with Crippen LogP contribution < -0.4 is 9.04 Å². The van der Waals surface area contributed by atoms with Crippen molar-refractivity contribution in [2.75, 3.05) is 17.6 Å². The summed E-state index contributed by atoms with van der Waals surface area (Å²) >= 11 is 0. The number of aromatic hydroxyl groups is 2. The van der Waals surface area contributed by atoms with Gasteiger partial charge < -0.3 is 25.2 Å². The van der Waals surface area contributed by atoms with Gasteiger partial charge in [-0.05, 0) is 65.6 Å². The topological polar surface area (TPSA) is 170 Å². The number of aromatic nitrogens is 2. The molecule has 13 heteroatoms. The summed E-state index contributed by atoms with van der Waals surface area (Å²) in [6.07, 6.45) is 4.21. The van der Waals surface area contributed by atoms with Crippen LogP contribution in [0.15, 0.2) is 72.8 Å². The number of phenolic OH excluding ortho intramolecular Hbond substituents is 2. The summed E-state index contributed by atoms with van der Waals surface area (Å²) in [7, 11) is -2.38. The molecule has 4 rings (SSSR count). The third kappa shape index (κ3) is 10.4. The summed E-state index contributed by atoms with van der Waals surface area (Å²) in [5, 5.41) is 40.9. The molecule has 0 unspecified atom stereocenters. The maximum absolute atomic E-state index is 13.8. The number of rotatable bonds is 13. The zero-order chi connectivity index (χ0) is 35.9. The van der Waals surface area contributed by atoms with Crippen LogP contribution >= 0.6 is 0 Å². The number of carbonyl (C=O) groups excluding carboxylic acids is 1. The highest BCUT2D eigenvalue weighted by molar-refractivity contribution is 7.92. The van der Waals surface area contributed by atoms with Crippen molar-refractivity contribution >= 4 is 40.2 Å². The largest absolute Gasteiger partial charge is 0.508 e. The van der Waals surface area contributed by atoms with Crippen molar-refractivity contribution in [3.8, 4) is 28.5 Å². The molecule has 4 N–H and O–H groups in total. The first-order valence-corrected chi connectivity index (χ1v) is 17.1. The van der Waals surface area contributed by atoms with E-state index in [1.807, 2.05) is 13.8 Å². The van der Waals surface area contributed by atoms with Gasteiger partial charge in [0.15, 0.2) is 0 Å². The normalized spacial score (nSPS) is 13.2. The molecule has 4 aromatic rings. The zero-order valence-corrected chi connectivity index (χ0v) is 28.2. The van der Waals surface area contributed by atoms with Gasteiger partial charge in [-0.15, -0.1) is 0 Å². The van der Waals surface area contributed by atoms with Crippen molar-refractivity contribution in [2.24, 2.45) is 0 Å². The predicted octanol–water partition coefficient (Wildman–Crippen LogP) is 5.50. The number of hydrogen-bond donors (Lipinski definition) is 4.